The third kappa shape index (κ3) is 10.2. The van der Waals surface area contributed by atoms with Crippen LogP contribution in [-0.2, 0) is 4.43 Å². The van der Waals surface area contributed by atoms with Crippen LogP contribution in [0.3, 0.4) is 0 Å². The number of hydrogen-bond donors (Lipinski definition) is 0. The normalized spacial score (nSPS) is 12.5. The Bertz CT molecular complexity index is 1670. The van der Waals surface area contributed by atoms with E-state index in [1.54, 1.807) is 0 Å². The first-order chi connectivity index (χ1) is 22.5. The van der Waals surface area contributed by atoms with Crippen LogP contribution >= 0.6 is 0 Å². The molecule has 0 atom stereocenters. The van der Waals surface area contributed by atoms with Gasteiger partial charge >= 0.3 is 0 Å². The lowest BCUT2D eigenvalue weighted by molar-refractivity contribution is 0.196. The SMILES string of the molecule is CCOc1ccc(N=Nc2ccc(N=Nc3ccc(N=Nc4ccc(OCCO[Si](C)(C)C(C)(C)C(C)C)cc4)cc3)c(C)c2)cc1. The second-order valence-electron chi connectivity index (χ2n) is 12.6. The molecule has 0 fully saturated rings. The second kappa shape index (κ2) is 16.3. The van der Waals surface area contributed by atoms with Crippen molar-refractivity contribution in [3.05, 3.63) is 96.6 Å². The number of aryl methyl sites for hydroxylation is 1. The molecular formula is C37H46N6O3Si. The molecule has 4 aromatic rings. The third-order valence-corrected chi connectivity index (χ3v) is 13.3. The monoisotopic (exact) mass is 650 g/mol. The Morgan fingerprint density at radius 2 is 1.02 bits per heavy atom. The van der Waals surface area contributed by atoms with Gasteiger partial charge in [0.2, 0.25) is 0 Å². The molecule has 10 heteroatoms. The molecule has 246 valence electrons. The van der Waals surface area contributed by atoms with E-state index in [9.17, 15) is 0 Å². The number of ether oxygens (including phenoxy) is 2. The Balaban J connectivity index is 1.25. The Morgan fingerprint density at radius 1 is 0.596 bits per heavy atom. The topological polar surface area (TPSA) is 102 Å². The first-order valence-electron chi connectivity index (χ1n) is 16.0. The highest BCUT2D eigenvalue weighted by Gasteiger charge is 2.43. The number of nitrogens with zero attached hydrogens (tertiary/aromatic N) is 6. The van der Waals surface area contributed by atoms with Crippen molar-refractivity contribution in [1.82, 2.24) is 0 Å². The van der Waals surface area contributed by atoms with Gasteiger partial charge in [0.1, 0.15) is 18.1 Å². The zero-order chi connectivity index (χ0) is 33.9. The lowest BCUT2D eigenvalue weighted by Gasteiger charge is -2.42. The van der Waals surface area contributed by atoms with Crippen molar-refractivity contribution in [2.45, 2.75) is 59.7 Å². The van der Waals surface area contributed by atoms with Gasteiger partial charge in [0.05, 0.1) is 47.3 Å². The third-order valence-electron chi connectivity index (χ3n) is 8.66. The molecule has 0 N–H and O–H groups in total. The minimum Gasteiger partial charge on any atom is -0.494 e. The maximum absolute atomic E-state index is 6.33. The minimum absolute atomic E-state index is 0.185. The number of azo groups is 3. The van der Waals surface area contributed by atoms with Crippen molar-refractivity contribution >= 4 is 42.4 Å². The van der Waals surface area contributed by atoms with Crippen LogP contribution in [0.4, 0.5) is 34.1 Å². The number of hydrogen-bond acceptors (Lipinski definition) is 9. The highest BCUT2D eigenvalue weighted by molar-refractivity contribution is 6.74. The molecule has 0 aliphatic carbocycles. The second-order valence-corrected chi connectivity index (χ2v) is 17.2. The molecule has 0 aliphatic rings. The molecule has 0 radical (unpaired) electrons. The van der Waals surface area contributed by atoms with E-state index >= 15 is 0 Å². The van der Waals surface area contributed by atoms with Crippen LogP contribution in [-0.4, -0.2) is 28.1 Å². The van der Waals surface area contributed by atoms with Crippen LogP contribution < -0.4 is 9.47 Å². The summed E-state index contributed by atoms with van der Waals surface area (Å²) >= 11 is 0. The van der Waals surface area contributed by atoms with E-state index in [1.165, 1.54) is 0 Å². The number of benzene rings is 4. The van der Waals surface area contributed by atoms with Gasteiger partial charge in [0.25, 0.3) is 0 Å². The maximum atomic E-state index is 6.33. The zero-order valence-corrected chi connectivity index (χ0v) is 29.8. The van der Waals surface area contributed by atoms with E-state index in [1.807, 2.05) is 105 Å². The summed E-state index contributed by atoms with van der Waals surface area (Å²) in [5.74, 6) is 2.16. The van der Waals surface area contributed by atoms with E-state index in [0.717, 1.165) is 45.5 Å². The van der Waals surface area contributed by atoms with Gasteiger partial charge in [0.15, 0.2) is 8.32 Å². The molecule has 0 heterocycles. The Labute approximate surface area is 280 Å². The largest absolute Gasteiger partial charge is 0.494 e. The van der Waals surface area contributed by atoms with E-state index in [2.05, 4.69) is 71.5 Å². The predicted octanol–water partition coefficient (Wildman–Crippen LogP) is 12.7. The van der Waals surface area contributed by atoms with Gasteiger partial charge in [-0.15, -0.1) is 0 Å². The maximum Gasteiger partial charge on any atom is 0.192 e. The quantitative estimate of drug-likeness (QED) is 0.0726. The molecule has 4 aromatic carbocycles. The summed E-state index contributed by atoms with van der Waals surface area (Å²) in [5.41, 5.74) is 5.37. The molecule has 47 heavy (non-hydrogen) atoms. The van der Waals surface area contributed by atoms with E-state index in [0.29, 0.717) is 31.4 Å². The molecule has 0 aliphatic heterocycles. The first-order valence-corrected chi connectivity index (χ1v) is 18.9. The Morgan fingerprint density at radius 3 is 1.49 bits per heavy atom. The molecule has 9 nitrogen and oxygen atoms in total. The molecular weight excluding hydrogens is 605 g/mol. The lowest BCUT2D eigenvalue weighted by Crippen LogP contribution is -2.45. The average Bonchev–Trinajstić information content (AvgIpc) is 3.06. The summed E-state index contributed by atoms with van der Waals surface area (Å²) < 4.78 is 17.7. The van der Waals surface area contributed by atoms with Crippen molar-refractivity contribution in [3.63, 3.8) is 0 Å². The molecule has 0 amide bonds. The highest BCUT2D eigenvalue weighted by atomic mass is 28.4. The average molecular weight is 651 g/mol. The van der Waals surface area contributed by atoms with Gasteiger partial charge in [-0.05, 0) is 134 Å². The molecule has 0 bridgehead atoms. The van der Waals surface area contributed by atoms with Crippen molar-refractivity contribution in [3.8, 4) is 11.5 Å². The molecule has 0 spiro atoms. The molecule has 0 saturated heterocycles. The van der Waals surface area contributed by atoms with Crippen molar-refractivity contribution < 1.29 is 13.9 Å². The first kappa shape index (κ1) is 35.3. The standard InChI is InChI=1S/C37H46N6O3Si/c1-9-44-34-19-14-32(15-20-34)40-42-33-18-23-36(28(4)26-33)43-41-30-12-10-29(11-13-30)38-39-31-16-21-35(22-17-31)45-24-25-46-47(7,8)37(5,6)27(2)3/h10-23,26-27H,9,24-25H2,1-8H3. The van der Waals surface area contributed by atoms with Gasteiger partial charge < -0.3 is 13.9 Å². The van der Waals surface area contributed by atoms with Gasteiger partial charge in [0, 0.05) is 0 Å². The van der Waals surface area contributed by atoms with Crippen LogP contribution in [0.1, 0.15) is 40.2 Å². The van der Waals surface area contributed by atoms with Gasteiger partial charge in [-0.2, -0.15) is 30.7 Å². The number of rotatable bonds is 15. The van der Waals surface area contributed by atoms with Crippen LogP contribution in [0.15, 0.2) is 122 Å². The van der Waals surface area contributed by atoms with Crippen molar-refractivity contribution in [2.75, 3.05) is 19.8 Å². The van der Waals surface area contributed by atoms with E-state index in [-0.39, 0.29) is 5.04 Å². The summed E-state index contributed by atoms with van der Waals surface area (Å²) in [6, 6.07) is 28.2. The van der Waals surface area contributed by atoms with Crippen LogP contribution in [0.25, 0.3) is 0 Å². The lowest BCUT2D eigenvalue weighted by atomic mass is 9.99. The van der Waals surface area contributed by atoms with E-state index < -0.39 is 8.32 Å². The summed E-state index contributed by atoms with van der Waals surface area (Å²) in [7, 11) is -1.85. The van der Waals surface area contributed by atoms with Crippen LogP contribution in [0, 0.1) is 12.8 Å². The van der Waals surface area contributed by atoms with Gasteiger partial charge in [-0.1, -0.05) is 27.7 Å². The predicted molar refractivity (Wildman–Crippen MR) is 192 cm³/mol. The Hall–Kier alpha value is -4.54. The minimum atomic E-state index is -1.85. The smallest absolute Gasteiger partial charge is 0.192 e. The molecule has 0 saturated carbocycles. The van der Waals surface area contributed by atoms with E-state index in [4.69, 9.17) is 13.9 Å². The fourth-order valence-electron chi connectivity index (χ4n) is 4.46. The van der Waals surface area contributed by atoms with Crippen LogP contribution in [0.5, 0.6) is 11.5 Å². The van der Waals surface area contributed by atoms with Crippen molar-refractivity contribution in [1.29, 1.82) is 0 Å². The summed E-state index contributed by atoms with van der Waals surface area (Å²) in [4.78, 5) is 0. The van der Waals surface area contributed by atoms with Gasteiger partial charge in [-0.25, -0.2) is 0 Å². The fourth-order valence-corrected chi connectivity index (χ4v) is 6.82. The summed E-state index contributed by atoms with van der Waals surface area (Å²) in [6.45, 7) is 19.4. The van der Waals surface area contributed by atoms with Crippen LogP contribution in [0.2, 0.25) is 18.1 Å². The molecule has 0 aromatic heterocycles. The fraction of sp³-hybridized carbons (Fsp3) is 0.351. The summed E-state index contributed by atoms with van der Waals surface area (Å²) in [6.07, 6.45) is 0. The van der Waals surface area contributed by atoms with Gasteiger partial charge in [-0.3, -0.25) is 0 Å². The molecule has 4 rings (SSSR count). The highest BCUT2D eigenvalue weighted by Crippen LogP contribution is 2.44. The Kier molecular flexibility index (Phi) is 12.3. The van der Waals surface area contributed by atoms with Crippen molar-refractivity contribution in [2.24, 2.45) is 36.6 Å². The zero-order valence-electron chi connectivity index (χ0n) is 28.8. The molecule has 0 unspecified atom stereocenters. The summed E-state index contributed by atoms with van der Waals surface area (Å²) in [5, 5.41) is 26.3.